The summed E-state index contributed by atoms with van der Waals surface area (Å²) in [5, 5.41) is 8.06. The molecule has 1 saturated heterocycles. The van der Waals surface area contributed by atoms with Gasteiger partial charge in [0.15, 0.2) is 0 Å². The monoisotopic (exact) mass is 422 g/mol. The first kappa shape index (κ1) is 21.2. The van der Waals surface area contributed by atoms with E-state index in [0.29, 0.717) is 31.0 Å². The van der Waals surface area contributed by atoms with Gasteiger partial charge in [-0.1, -0.05) is 32.0 Å². The van der Waals surface area contributed by atoms with Crippen molar-refractivity contribution < 1.29 is 13.6 Å². The van der Waals surface area contributed by atoms with Crippen LogP contribution < -0.4 is 0 Å². The van der Waals surface area contributed by atoms with Crippen LogP contribution in [0.1, 0.15) is 73.7 Å². The summed E-state index contributed by atoms with van der Waals surface area (Å²) >= 11 is 0. The zero-order chi connectivity index (χ0) is 21.8. The summed E-state index contributed by atoms with van der Waals surface area (Å²) < 4.78 is 19.0. The second-order valence-electron chi connectivity index (χ2n) is 8.33. The lowest BCUT2D eigenvalue weighted by molar-refractivity contribution is -0.132. The summed E-state index contributed by atoms with van der Waals surface area (Å²) in [4.78, 5) is 19.4. The maximum absolute atomic E-state index is 13.4. The quantitative estimate of drug-likeness (QED) is 0.556. The number of aromatic nitrogens is 3. The normalized spacial score (nSPS) is 16.3. The van der Waals surface area contributed by atoms with Crippen LogP contribution in [0.2, 0.25) is 0 Å². The van der Waals surface area contributed by atoms with Crippen molar-refractivity contribution in [3.8, 4) is 0 Å². The van der Waals surface area contributed by atoms with Crippen molar-refractivity contribution in [1.29, 1.82) is 0 Å². The van der Waals surface area contributed by atoms with Crippen molar-refractivity contribution in [3.63, 3.8) is 0 Å². The molecule has 1 aliphatic rings. The lowest BCUT2D eigenvalue weighted by Gasteiger charge is -2.24. The van der Waals surface area contributed by atoms with Gasteiger partial charge in [0.1, 0.15) is 5.82 Å². The summed E-state index contributed by atoms with van der Waals surface area (Å²) in [7, 11) is 0. The molecule has 3 aromatic rings. The van der Waals surface area contributed by atoms with Crippen molar-refractivity contribution in [2.24, 2.45) is 0 Å². The van der Waals surface area contributed by atoms with E-state index in [9.17, 15) is 9.18 Å². The smallest absolute Gasteiger partial charge is 0.223 e. The van der Waals surface area contributed by atoms with Crippen LogP contribution in [0.4, 0.5) is 4.39 Å². The van der Waals surface area contributed by atoms with Gasteiger partial charge in [-0.3, -0.25) is 9.78 Å². The molecule has 0 N–H and O–H groups in total. The standard InChI is InChI=1S/C24H27FN4O2/c1-16(2)24-28-27-22(31-24)10-11-23(30)29-12-4-7-21(29)20-9-8-18(15-26-20)13-17-5-3-6-19(25)14-17/h3,5-6,8-9,14-16,21H,4,7,10-13H2,1-2H3/t21-/m0/s1. The van der Waals surface area contributed by atoms with Crippen LogP contribution in [0.15, 0.2) is 47.0 Å². The van der Waals surface area contributed by atoms with Crippen molar-refractivity contribution >= 4 is 5.91 Å². The Labute approximate surface area is 181 Å². The second kappa shape index (κ2) is 9.37. The SMILES string of the molecule is CC(C)c1nnc(CCC(=O)N2CCC[C@H]2c2ccc(Cc3cccc(F)c3)cn2)o1. The number of likely N-dealkylation sites (tertiary alicyclic amines) is 1. The molecule has 3 heterocycles. The van der Waals surface area contributed by atoms with Crippen LogP contribution in [0.3, 0.4) is 0 Å². The first-order chi connectivity index (χ1) is 15.0. The zero-order valence-corrected chi connectivity index (χ0v) is 17.9. The minimum absolute atomic E-state index is 0.00960. The highest BCUT2D eigenvalue weighted by atomic mass is 19.1. The molecule has 2 aromatic heterocycles. The van der Waals surface area contributed by atoms with Crippen molar-refractivity contribution in [1.82, 2.24) is 20.1 Å². The van der Waals surface area contributed by atoms with E-state index in [1.165, 1.54) is 6.07 Å². The van der Waals surface area contributed by atoms with E-state index in [-0.39, 0.29) is 23.7 Å². The molecule has 0 unspecified atom stereocenters. The van der Waals surface area contributed by atoms with Gasteiger partial charge < -0.3 is 9.32 Å². The molecule has 0 radical (unpaired) electrons. The fourth-order valence-corrected chi connectivity index (χ4v) is 3.95. The second-order valence-corrected chi connectivity index (χ2v) is 8.33. The molecule has 0 aliphatic carbocycles. The lowest BCUT2D eigenvalue weighted by Crippen LogP contribution is -2.31. The first-order valence-corrected chi connectivity index (χ1v) is 10.8. The van der Waals surface area contributed by atoms with Gasteiger partial charge in [0, 0.05) is 31.5 Å². The number of benzene rings is 1. The largest absolute Gasteiger partial charge is 0.425 e. The fourth-order valence-electron chi connectivity index (χ4n) is 3.95. The van der Waals surface area contributed by atoms with Gasteiger partial charge in [-0.05, 0) is 48.6 Å². The maximum atomic E-state index is 13.4. The number of halogens is 1. The Morgan fingerprint density at radius 2 is 2.10 bits per heavy atom. The Bertz CT molecular complexity index is 1030. The number of amides is 1. The number of nitrogens with zero attached hydrogens (tertiary/aromatic N) is 4. The molecular weight excluding hydrogens is 395 g/mol. The van der Waals surface area contributed by atoms with Crippen molar-refractivity contribution in [2.75, 3.05) is 6.54 Å². The number of hydrogen-bond acceptors (Lipinski definition) is 5. The molecule has 4 rings (SSSR count). The Hall–Kier alpha value is -3.09. The third kappa shape index (κ3) is 5.16. The van der Waals surface area contributed by atoms with Crippen LogP contribution in [0, 0.1) is 5.82 Å². The summed E-state index contributed by atoms with van der Waals surface area (Å²) in [5.74, 6) is 1.13. The Kier molecular flexibility index (Phi) is 6.39. The summed E-state index contributed by atoms with van der Waals surface area (Å²) in [6.07, 6.45) is 5.10. The van der Waals surface area contributed by atoms with Gasteiger partial charge in [0.25, 0.3) is 0 Å². The van der Waals surface area contributed by atoms with Crippen LogP contribution in [-0.4, -0.2) is 32.5 Å². The molecule has 1 amide bonds. The molecule has 0 spiro atoms. The highest BCUT2D eigenvalue weighted by Gasteiger charge is 2.30. The highest BCUT2D eigenvalue weighted by molar-refractivity contribution is 5.77. The van der Waals surface area contributed by atoms with E-state index in [0.717, 1.165) is 36.2 Å². The Morgan fingerprint density at radius 3 is 2.81 bits per heavy atom. The van der Waals surface area contributed by atoms with Gasteiger partial charge in [-0.2, -0.15) is 0 Å². The number of carbonyl (C=O) groups is 1. The third-order valence-electron chi connectivity index (χ3n) is 5.59. The molecule has 1 atom stereocenters. The summed E-state index contributed by atoms with van der Waals surface area (Å²) in [5.41, 5.74) is 2.82. The molecule has 1 aliphatic heterocycles. The van der Waals surface area contributed by atoms with Gasteiger partial charge >= 0.3 is 0 Å². The van der Waals surface area contributed by atoms with Gasteiger partial charge in [0.05, 0.1) is 11.7 Å². The van der Waals surface area contributed by atoms with Crippen molar-refractivity contribution in [3.05, 3.63) is 77.0 Å². The molecule has 0 saturated carbocycles. The average Bonchev–Trinajstić information content (AvgIpc) is 3.43. The van der Waals surface area contributed by atoms with E-state index in [1.807, 2.05) is 43.1 Å². The summed E-state index contributed by atoms with van der Waals surface area (Å²) in [6, 6.07) is 10.6. The number of hydrogen-bond donors (Lipinski definition) is 0. The predicted molar refractivity (Wildman–Crippen MR) is 114 cm³/mol. The maximum Gasteiger partial charge on any atom is 0.223 e. The third-order valence-corrected chi connectivity index (χ3v) is 5.59. The number of rotatable bonds is 7. The Morgan fingerprint density at radius 1 is 1.23 bits per heavy atom. The fraction of sp³-hybridized carbons (Fsp3) is 0.417. The van der Waals surface area contributed by atoms with E-state index < -0.39 is 0 Å². The van der Waals surface area contributed by atoms with Crippen molar-refractivity contribution in [2.45, 2.75) is 57.9 Å². The van der Waals surface area contributed by atoms with Crippen LogP contribution in [-0.2, 0) is 17.6 Å². The van der Waals surface area contributed by atoms with Gasteiger partial charge in [-0.25, -0.2) is 4.39 Å². The topological polar surface area (TPSA) is 72.1 Å². The molecule has 0 bridgehead atoms. The minimum atomic E-state index is -0.233. The van der Waals surface area contributed by atoms with Crippen LogP contribution in [0.25, 0.3) is 0 Å². The molecule has 162 valence electrons. The van der Waals surface area contributed by atoms with Crippen LogP contribution in [0.5, 0.6) is 0 Å². The van der Waals surface area contributed by atoms with E-state index in [2.05, 4.69) is 15.2 Å². The van der Waals surface area contributed by atoms with Gasteiger partial charge in [0.2, 0.25) is 17.7 Å². The average molecular weight is 423 g/mol. The number of pyridine rings is 1. The number of carbonyl (C=O) groups excluding carboxylic acids is 1. The molecule has 31 heavy (non-hydrogen) atoms. The zero-order valence-electron chi connectivity index (χ0n) is 17.9. The number of aryl methyl sites for hydroxylation is 1. The predicted octanol–water partition coefficient (Wildman–Crippen LogP) is 4.61. The molecule has 1 fully saturated rings. The van der Waals surface area contributed by atoms with E-state index >= 15 is 0 Å². The highest BCUT2D eigenvalue weighted by Crippen LogP contribution is 2.31. The Balaban J connectivity index is 1.37. The first-order valence-electron chi connectivity index (χ1n) is 10.8. The van der Waals surface area contributed by atoms with Gasteiger partial charge in [-0.15, -0.1) is 10.2 Å². The molecular formula is C24H27FN4O2. The minimum Gasteiger partial charge on any atom is -0.425 e. The molecule has 7 heteroatoms. The van der Waals surface area contributed by atoms with E-state index in [1.54, 1.807) is 12.1 Å². The summed E-state index contributed by atoms with van der Waals surface area (Å²) in [6.45, 7) is 4.72. The van der Waals surface area contributed by atoms with Crippen LogP contribution >= 0.6 is 0 Å². The molecule has 6 nitrogen and oxygen atoms in total. The molecule has 1 aromatic carbocycles. The van der Waals surface area contributed by atoms with E-state index in [4.69, 9.17) is 4.42 Å². The lowest BCUT2D eigenvalue weighted by atomic mass is 10.0.